The first-order valence-electron chi connectivity index (χ1n) is 7.27. The van der Waals surface area contributed by atoms with Crippen molar-refractivity contribution in [1.82, 2.24) is 0 Å². The van der Waals surface area contributed by atoms with Gasteiger partial charge in [0.25, 0.3) is 0 Å². The maximum atomic E-state index is 5.86. The first-order chi connectivity index (χ1) is 9.19. The molecule has 1 atom stereocenters. The van der Waals surface area contributed by atoms with E-state index in [2.05, 4.69) is 12.1 Å². The summed E-state index contributed by atoms with van der Waals surface area (Å²) in [5.41, 5.74) is 8.25. The number of hydrogen-bond acceptors (Lipinski definition) is 3. The fraction of sp³-hybridized carbons (Fsp3) is 0.625. The summed E-state index contributed by atoms with van der Waals surface area (Å²) in [5.74, 6) is 1.73. The van der Waals surface area contributed by atoms with E-state index in [0.717, 1.165) is 30.3 Å². The Bertz CT molecular complexity index is 405. The molecule has 1 aromatic carbocycles. The molecule has 0 spiro atoms. The molecular weight excluding hydrogens is 274 g/mol. The number of rotatable bonds is 8. The molecule has 4 heteroatoms. The summed E-state index contributed by atoms with van der Waals surface area (Å²) in [6, 6.07) is 6.48. The van der Waals surface area contributed by atoms with E-state index in [1.165, 1.54) is 18.4 Å². The first-order valence-corrected chi connectivity index (χ1v) is 7.27. The minimum Gasteiger partial charge on any atom is -0.494 e. The van der Waals surface area contributed by atoms with Crippen LogP contribution < -0.4 is 10.5 Å². The molecule has 1 aliphatic rings. The highest BCUT2D eigenvalue weighted by Gasteiger charge is 2.21. The van der Waals surface area contributed by atoms with Crippen molar-refractivity contribution >= 4 is 12.4 Å². The van der Waals surface area contributed by atoms with Gasteiger partial charge in [-0.15, -0.1) is 12.4 Å². The minimum atomic E-state index is 0. The molecule has 1 aliphatic carbocycles. The van der Waals surface area contributed by atoms with Crippen LogP contribution in [0.1, 0.15) is 37.8 Å². The maximum absolute atomic E-state index is 5.86. The van der Waals surface area contributed by atoms with Crippen molar-refractivity contribution in [2.75, 3.05) is 13.2 Å². The van der Waals surface area contributed by atoms with Gasteiger partial charge in [0.1, 0.15) is 5.75 Å². The Morgan fingerprint density at radius 2 is 2.10 bits per heavy atom. The molecule has 1 fully saturated rings. The summed E-state index contributed by atoms with van der Waals surface area (Å²) >= 11 is 0. The molecule has 0 aromatic heterocycles. The van der Waals surface area contributed by atoms with E-state index >= 15 is 0 Å². The van der Waals surface area contributed by atoms with Gasteiger partial charge < -0.3 is 15.2 Å². The number of halogens is 1. The molecule has 2 rings (SSSR count). The van der Waals surface area contributed by atoms with Gasteiger partial charge in [-0.1, -0.05) is 6.07 Å². The Morgan fingerprint density at radius 3 is 2.70 bits per heavy atom. The van der Waals surface area contributed by atoms with E-state index in [9.17, 15) is 0 Å². The average Bonchev–Trinajstić information content (AvgIpc) is 3.16. The Kier molecular flexibility index (Phi) is 7.35. The monoisotopic (exact) mass is 299 g/mol. The normalized spacial score (nSPS) is 15.6. The van der Waals surface area contributed by atoms with Crippen LogP contribution in [0.3, 0.4) is 0 Å². The summed E-state index contributed by atoms with van der Waals surface area (Å²) in [6.07, 6.45) is 3.54. The van der Waals surface area contributed by atoms with Crippen LogP contribution >= 0.6 is 12.4 Å². The summed E-state index contributed by atoms with van der Waals surface area (Å²) < 4.78 is 11.4. The summed E-state index contributed by atoms with van der Waals surface area (Å²) in [5, 5.41) is 0. The lowest BCUT2D eigenvalue weighted by Crippen LogP contribution is -2.17. The smallest absolute Gasteiger partial charge is 0.124 e. The number of benzene rings is 1. The highest BCUT2D eigenvalue weighted by atomic mass is 35.5. The maximum Gasteiger partial charge on any atom is 0.124 e. The van der Waals surface area contributed by atoms with Gasteiger partial charge >= 0.3 is 0 Å². The van der Waals surface area contributed by atoms with Crippen molar-refractivity contribution in [2.24, 2.45) is 11.7 Å². The minimum absolute atomic E-state index is 0. The lowest BCUT2D eigenvalue weighted by atomic mass is 10.0. The molecule has 0 aliphatic heterocycles. The third kappa shape index (κ3) is 5.70. The molecule has 114 valence electrons. The van der Waals surface area contributed by atoms with Crippen LogP contribution in [0.2, 0.25) is 0 Å². The van der Waals surface area contributed by atoms with Gasteiger partial charge in [-0.05, 0) is 56.7 Å². The number of nitrogens with two attached hydrogens (primary N) is 1. The molecule has 20 heavy (non-hydrogen) atoms. The average molecular weight is 300 g/mol. The van der Waals surface area contributed by atoms with E-state index in [1.807, 2.05) is 19.9 Å². The van der Waals surface area contributed by atoms with Crippen molar-refractivity contribution < 1.29 is 9.47 Å². The zero-order chi connectivity index (χ0) is 13.7. The van der Waals surface area contributed by atoms with Crippen LogP contribution in [0.4, 0.5) is 0 Å². The number of hydrogen-bond donors (Lipinski definition) is 1. The number of ether oxygens (including phenoxy) is 2. The molecule has 0 radical (unpaired) electrons. The fourth-order valence-corrected chi connectivity index (χ4v) is 2.16. The van der Waals surface area contributed by atoms with E-state index in [4.69, 9.17) is 15.2 Å². The van der Waals surface area contributed by atoms with Crippen molar-refractivity contribution in [1.29, 1.82) is 0 Å². The first kappa shape index (κ1) is 17.3. The highest BCUT2D eigenvalue weighted by Crippen LogP contribution is 2.30. The van der Waals surface area contributed by atoms with Crippen molar-refractivity contribution in [3.63, 3.8) is 0 Å². The Hall–Kier alpha value is -0.770. The van der Waals surface area contributed by atoms with Gasteiger partial charge in [-0.3, -0.25) is 0 Å². The van der Waals surface area contributed by atoms with Crippen LogP contribution in [0.25, 0.3) is 0 Å². The molecule has 0 bridgehead atoms. The van der Waals surface area contributed by atoms with Crippen LogP contribution in [0, 0.1) is 5.92 Å². The largest absolute Gasteiger partial charge is 0.494 e. The summed E-state index contributed by atoms with van der Waals surface area (Å²) in [7, 11) is 0. The predicted octanol–water partition coefficient (Wildman–Crippen LogP) is 3.32. The second-order valence-corrected chi connectivity index (χ2v) is 5.51. The summed E-state index contributed by atoms with van der Waals surface area (Å²) in [4.78, 5) is 0. The highest BCUT2D eigenvalue weighted by molar-refractivity contribution is 5.85. The zero-order valence-corrected chi connectivity index (χ0v) is 13.2. The standard InChI is InChI=1S/C16H25NO2.ClH/c1-3-19-16-7-6-14(8-12(2)17)9-15(16)11-18-10-13-4-5-13;/h6-7,9,12-13H,3-5,8,10-11,17H2,1-2H3;1H. The van der Waals surface area contributed by atoms with Gasteiger partial charge in [-0.2, -0.15) is 0 Å². The summed E-state index contributed by atoms with van der Waals surface area (Å²) in [6.45, 7) is 6.23. The molecule has 0 saturated heterocycles. The Balaban J connectivity index is 0.00000200. The molecule has 0 heterocycles. The van der Waals surface area contributed by atoms with Gasteiger partial charge in [0.2, 0.25) is 0 Å². The van der Waals surface area contributed by atoms with Crippen molar-refractivity contribution in [2.45, 2.75) is 45.8 Å². The van der Waals surface area contributed by atoms with Crippen molar-refractivity contribution in [3.05, 3.63) is 29.3 Å². The van der Waals surface area contributed by atoms with E-state index in [-0.39, 0.29) is 18.4 Å². The van der Waals surface area contributed by atoms with E-state index in [0.29, 0.717) is 13.2 Å². The molecule has 1 unspecified atom stereocenters. The second kappa shape index (κ2) is 8.50. The molecule has 0 amide bonds. The fourth-order valence-electron chi connectivity index (χ4n) is 2.16. The Morgan fingerprint density at radius 1 is 1.35 bits per heavy atom. The van der Waals surface area contributed by atoms with Gasteiger partial charge in [0.15, 0.2) is 0 Å². The van der Waals surface area contributed by atoms with Crippen LogP contribution in [0.5, 0.6) is 5.75 Å². The molecule has 3 nitrogen and oxygen atoms in total. The zero-order valence-electron chi connectivity index (χ0n) is 12.4. The van der Waals surface area contributed by atoms with E-state index < -0.39 is 0 Å². The predicted molar refractivity (Wildman–Crippen MR) is 84.6 cm³/mol. The van der Waals surface area contributed by atoms with E-state index in [1.54, 1.807) is 0 Å². The van der Waals surface area contributed by atoms with Gasteiger partial charge in [-0.25, -0.2) is 0 Å². The molecule has 2 N–H and O–H groups in total. The quantitative estimate of drug-likeness (QED) is 0.801. The molecule has 1 saturated carbocycles. The Labute approximate surface area is 128 Å². The third-order valence-electron chi connectivity index (χ3n) is 3.29. The van der Waals surface area contributed by atoms with Crippen LogP contribution in [-0.4, -0.2) is 19.3 Å². The van der Waals surface area contributed by atoms with Gasteiger partial charge in [0, 0.05) is 18.2 Å². The van der Waals surface area contributed by atoms with Gasteiger partial charge in [0.05, 0.1) is 13.2 Å². The van der Waals surface area contributed by atoms with Crippen molar-refractivity contribution in [3.8, 4) is 5.75 Å². The van der Waals surface area contributed by atoms with Crippen LogP contribution in [-0.2, 0) is 17.8 Å². The lowest BCUT2D eigenvalue weighted by Gasteiger charge is -2.13. The van der Waals surface area contributed by atoms with Crippen LogP contribution in [0.15, 0.2) is 18.2 Å². The second-order valence-electron chi connectivity index (χ2n) is 5.51. The molecule has 1 aromatic rings. The topological polar surface area (TPSA) is 44.5 Å². The molecular formula is C16H26ClNO2. The third-order valence-corrected chi connectivity index (χ3v) is 3.29. The SMILES string of the molecule is CCOc1ccc(CC(C)N)cc1COCC1CC1.Cl. The lowest BCUT2D eigenvalue weighted by molar-refractivity contribution is 0.109.